The molecule has 2 aliphatic heterocycles. The summed E-state index contributed by atoms with van der Waals surface area (Å²) in [5.74, 6) is -1.56. The van der Waals surface area contributed by atoms with Gasteiger partial charge >= 0.3 is 5.97 Å². The fraction of sp³-hybridized carbons (Fsp3) is 0.929. The lowest BCUT2D eigenvalue weighted by molar-refractivity contribution is -0.156. The van der Waals surface area contributed by atoms with Crippen molar-refractivity contribution in [3.8, 4) is 0 Å². The number of ether oxygens (including phenoxy) is 2. The van der Waals surface area contributed by atoms with Gasteiger partial charge in [0, 0.05) is 11.3 Å². The lowest BCUT2D eigenvalue weighted by Gasteiger charge is -2.39. The number of hydrogen-bond acceptors (Lipinski definition) is 3. The van der Waals surface area contributed by atoms with E-state index in [9.17, 15) is 9.90 Å². The van der Waals surface area contributed by atoms with Crippen molar-refractivity contribution in [3.63, 3.8) is 0 Å². The minimum absolute atomic E-state index is 0.0261. The topological polar surface area (TPSA) is 62.4 Å². The first kappa shape index (κ1) is 12.4. The standard InChI is InChI=1S/C14H22O4/c1-7(2)10-9(11(15)16)6-12(5,8(3)4)14-13(10,17-14)18-14/h7-10H,6H2,1-5H3,(H,15,16). The average Bonchev–Trinajstić information content (AvgIpc) is 3.02. The predicted octanol–water partition coefficient (Wildman–Crippen LogP) is 2.48. The Labute approximate surface area is 108 Å². The van der Waals surface area contributed by atoms with E-state index in [1.807, 2.05) is 0 Å². The number of epoxide rings is 2. The molecule has 0 bridgehead atoms. The molecule has 1 N–H and O–H groups in total. The molecule has 0 spiro atoms. The zero-order valence-corrected chi connectivity index (χ0v) is 11.7. The van der Waals surface area contributed by atoms with Crippen LogP contribution < -0.4 is 0 Å². The number of carboxylic acids is 1. The first-order chi connectivity index (χ1) is 8.22. The molecule has 1 aliphatic carbocycles. The lowest BCUT2D eigenvalue weighted by Crippen LogP contribution is -2.46. The summed E-state index contributed by atoms with van der Waals surface area (Å²) < 4.78 is 11.8. The molecule has 102 valence electrons. The molecule has 0 radical (unpaired) electrons. The third-order valence-corrected chi connectivity index (χ3v) is 5.54. The fourth-order valence-corrected chi connectivity index (χ4v) is 4.11. The highest BCUT2D eigenvalue weighted by Crippen LogP contribution is 2.84. The van der Waals surface area contributed by atoms with Crippen molar-refractivity contribution >= 4 is 5.97 Å². The van der Waals surface area contributed by atoms with E-state index in [-0.39, 0.29) is 23.2 Å². The monoisotopic (exact) mass is 254 g/mol. The molecule has 0 aromatic carbocycles. The second kappa shape index (κ2) is 3.10. The van der Waals surface area contributed by atoms with Gasteiger partial charge in [0.15, 0.2) is 0 Å². The van der Waals surface area contributed by atoms with Crippen molar-refractivity contribution in [3.05, 3.63) is 0 Å². The smallest absolute Gasteiger partial charge is 0.307 e. The van der Waals surface area contributed by atoms with Crippen molar-refractivity contribution in [1.82, 2.24) is 0 Å². The van der Waals surface area contributed by atoms with Gasteiger partial charge in [0.25, 0.3) is 0 Å². The van der Waals surface area contributed by atoms with Crippen LogP contribution in [0.15, 0.2) is 0 Å². The van der Waals surface area contributed by atoms with E-state index in [2.05, 4.69) is 34.6 Å². The van der Waals surface area contributed by atoms with Gasteiger partial charge in [0.2, 0.25) is 11.6 Å². The van der Waals surface area contributed by atoms with Gasteiger partial charge in [-0.05, 0) is 18.3 Å². The van der Waals surface area contributed by atoms with Gasteiger partial charge in [0.1, 0.15) is 0 Å². The Balaban J connectivity index is 2.00. The average molecular weight is 254 g/mol. The molecule has 18 heavy (non-hydrogen) atoms. The van der Waals surface area contributed by atoms with E-state index >= 15 is 0 Å². The second-order valence-electron chi connectivity index (χ2n) is 6.98. The summed E-state index contributed by atoms with van der Waals surface area (Å²) in [5, 5.41) is 9.53. The van der Waals surface area contributed by atoms with Crippen molar-refractivity contribution in [2.45, 2.75) is 52.6 Å². The van der Waals surface area contributed by atoms with E-state index in [0.29, 0.717) is 12.3 Å². The molecule has 3 aliphatic rings. The van der Waals surface area contributed by atoms with Crippen LogP contribution in [0.25, 0.3) is 0 Å². The first-order valence-electron chi connectivity index (χ1n) is 6.85. The summed E-state index contributed by atoms with van der Waals surface area (Å²) in [6.45, 7) is 10.5. The Kier molecular flexibility index (Phi) is 2.14. The SMILES string of the molecule is CC(C)C1C(C(=O)O)CC(C)(C(C)C)C23OC12O3. The van der Waals surface area contributed by atoms with Crippen LogP contribution in [-0.4, -0.2) is 22.7 Å². The molecule has 3 unspecified atom stereocenters. The summed E-state index contributed by atoms with van der Waals surface area (Å²) in [6.07, 6.45) is 0.643. The van der Waals surface area contributed by atoms with E-state index in [0.717, 1.165) is 0 Å². The third kappa shape index (κ3) is 1.08. The van der Waals surface area contributed by atoms with Crippen LogP contribution in [0.3, 0.4) is 0 Å². The van der Waals surface area contributed by atoms with E-state index < -0.39 is 17.5 Å². The Bertz CT molecular complexity index is 408. The highest BCUT2D eigenvalue weighted by Gasteiger charge is 3.01. The second-order valence-corrected chi connectivity index (χ2v) is 6.98. The molecule has 2 saturated heterocycles. The first-order valence-corrected chi connectivity index (χ1v) is 6.85. The summed E-state index contributed by atoms with van der Waals surface area (Å²) in [4.78, 5) is 11.6. The number of aliphatic carboxylic acids is 1. The van der Waals surface area contributed by atoms with Crippen LogP contribution in [0.2, 0.25) is 0 Å². The minimum atomic E-state index is -0.713. The summed E-state index contributed by atoms with van der Waals surface area (Å²) >= 11 is 0. The Hall–Kier alpha value is -0.610. The summed E-state index contributed by atoms with van der Waals surface area (Å²) in [5.41, 5.74) is -0.193. The Morgan fingerprint density at radius 2 is 1.83 bits per heavy atom. The molecule has 0 aromatic rings. The molecule has 4 nitrogen and oxygen atoms in total. The van der Waals surface area contributed by atoms with Crippen LogP contribution in [0, 0.1) is 29.1 Å². The van der Waals surface area contributed by atoms with Crippen LogP contribution in [-0.2, 0) is 14.3 Å². The number of carbonyl (C=O) groups is 1. The van der Waals surface area contributed by atoms with Gasteiger partial charge in [-0.15, -0.1) is 0 Å². The predicted molar refractivity (Wildman–Crippen MR) is 64.6 cm³/mol. The van der Waals surface area contributed by atoms with Crippen LogP contribution in [0.5, 0.6) is 0 Å². The van der Waals surface area contributed by atoms with Crippen molar-refractivity contribution in [1.29, 1.82) is 0 Å². The molecule has 3 fully saturated rings. The van der Waals surface area contributed by atoms with E-state index in [1.54, 1.807) is 0 Å². The van der Waals surface area contributed by atoms with Gasteiger partial charge in [-0.1, -0.05) is 34.6 Å². The molecular weight excluding hydrogens is 232 g/mol. The van der Waals surface area contributed by atoms with Gasteiger partial charge in [-0.25, -0.2) is 0 Å². The van der Waals surface area contributed by atoms with Gasteiger partial charge < -0.3 is 14.6 Å². The van der Waals surface area contributed by atoms with Crippen LogP contribution >= 0.6 is 0 Å². The van der Waals surface area contributed by atoms with E-state index in [4.69, 9.17) is 9.47 Å². The molecule has 3 rings (SSSR count). The number of rotatable bonds is 3. The maximum absolute atomic E-state index is 11.6. The summed E-state index contributed by atoms with van der Waals surface area (Å²) in [6, 6.07) is 0. The van der Waals surface area contributed by atoms with E-state index in [1.165, 1.54) is 0 Å². The maximum Gasteiger partial charge on any atom is 0.307 e. The zero-order chi connectivity index (χ0) is 13.5. The molecule has 2 heterocycles. The minimum Gasteiger partial charge on any atom is -0.481 e. The third-order valence-electron chi connectivity index (χ3n) is 5.54. The molecular formula is C14H22O4. The molecule has 0 amide bonds. The highest BCUT2D eigenvalue weighted by molar-refractivity contribution is 5.72. The molecule has 3 atom stereocenters. The van der Waals surface area contributed by atoms with Gasteiger partial charge in [-0.3, -0.25) is 4.79 Å². The maximum atomic E-state index is 11.6. The fourth-order valence-electron chi connectivity index (χ4n) is 4.11. The lowest BCUT2D eigenvalue weighted by atomic mass is 9.59. The Morgan fingerprint density at radius 1 is 1.28 bits per heavy atom. The van der Waals surface area contributed by atoms with Crippen molar-refractivity contribution in [2.24, 2.45) is 29.1 Å². The largest absolute Gasteiger partial charge is 0.481 e. The van der Waals surface area contributed by atoms with Crippen molar-refractivity contribution < 1.29 is 19.4 Å². The van der Waals surface area contributed by atoms with Crippen LogP contribution in [0.1, 0.15) is 41.0 Å². The van der Waals surface area contributed by atoms with Gasteiger partial charge in [0.05, 0.1) is 5.92 Å². The Morgan fingerprint density at radius 3 is 2.22 bits per heavy atom. The number of hydrogen-bond donors (Lipinski definition) is 1. The quantitative estimate of drug-likeness (QED) is 0.786. The molecule has 0 aromatic heterocycles. The molecule has 1 saturated carbocycles. The summed E-state index contributed by atoms with van der Waals surface area (Å²) in [7, 11) is 0. The van der Waals surface area contributed by atoms with Gasteiger partial charge in [-0.2, -0.15) is 0 Å². The number of carboxylic acid groups (broad SMARTS) is 1. The zero-order valence-electron chi connectivity index (χ0n) is 11.7. The highest BCUT2D eigenvalue weighted by atomic mass is 17.0. The van der Waals surface area contributed by atoms with Crippen molar-refractivity contribution in [2.75, 3.05) is 0 Å². The normalized spacial score (nSPS) is 53.1. The van der Waals surface area contributed by atoms with Crippen LogP contribution in [0.4, 0.5) is 0 Å². The molecule has 4 heteroatoms.